The molecular formula is C11H16BrN3. The van der Waals surface area contributed by atoms with Crippen LogP contribution in [0.5, 0.6) is 0 Å². The Morgan fingerprint density at radius 1 is 1.53 bits per heavy atom. The average molecular weight is 270 g/mol. The van der Waals surface area contributed by atoms with Gasteiger partial charge in [0, 0.05) is 19.5 Å². The van der Waals surface area contributed by atoms with Crippen LogP contribution in [0, 0.1) is 0 Å². The number of nitrogens with zero attached hydrogens (tertiary/aromatic N) is 3. The average Bonchev–Trinajstić information content (AvgIpc) is 2.57. The van der Waals surface area contributed by atoms with Crippen molar-refractivity contribution in [2.24, 2.45) is 5.10 Å². The molecule has 3 nitrogen and oxygen atoms in total. The van der Waals surface area contributed by atoms with E-state index in [1.165, 1.54) is 10.1 Å². The van der Waals surface area contributed by atoms with Crippen molar-refractivity contribution in [2.45, 2.75) is 12.5 Å². The van der Waals surface area contributed by atoms with Crippen molar-refractivity contribution in [2.75, 3.05) is 27.2 Å². The molecule has 0 radical (unpaired) electrons. The lowest BCUT2D eigenvalue weighted by molar-refractivity contribution is 0.222. The third-order valence-corrected chi connectivity index (χ3v) is 3.31. The molecule has 4 heteroatoms. The summed E-state index contributed by atoms with van der Waals surface area (Å²) in [6, 6.07) is 0.448. The fraction of sp³-hybridized carbons (Fsp3) is 0.545. The largest absolute Gasteiger partial charge is 0.308 e. The zero-order valence-corrected chi connectivity index (χ0v) is 10.7. The zero-order valence-electron chi connectivity index (χ0n) is 9.15. The number of hydrazone groups is 1. The number of hydrogen-bond donors (Lipinski definition) is 0. The van der Waals surface area contributed by atoms with Crippen LogP contribution in [-0.4, -0.2) is 49.4 Å². The van der Waals surface area contributed by atoms with Crippen LogP contribution in [0.3, 0.4) is 0 Å². The Hall–Kier alpha value is -0.610. The Balaban J connectivity index is 1.98. The van der Waals surface area contributed by atoms with E-state index in [0.29, 0.717) is 6.04 Å². The molecule has 0 aromatic carbocycles. The monoisotopic (exact) mass is 269 g/mol. The van der Waals surface area contributed by atoms with Crippen LogP contribution in [0.2, 0.25) is 0 Å². The summed E-state index contributed by atoms with van der Waals surface area (Å²) in [5.74, 6) is 0. The smallest absolute Gasteiger partial charge is 0.0781 e. The maximum absolute atomic E-state index is 4.45. The van der Waals surface area contributed by atoms with E-state index in [1.54, 1.807) is 0 Å². The summed E-state index contributed by atoms with van der Waals surface area (Å²) in [5.41, 5.74) is 1.33. The zero-order chi connectivity index (χ0) is 10.8. The summed E-state index contributed by atoms with van der Waals surface area (Å²) < 4.78 is 1.26. The normalized spacial score (nSPS) is 24.3. The van der Waals surface area contributed by atoms with Gasteiger partial charge in [0.1, 0.15) is 0 Å². The summed E-state index contributed by atoms with van der Waals surface area (Å²) in [5, 5.41) is 6.63. The quantitative estimate of drug-likeness (QED) is 0.779. The first kappa shape index (κ1) is 10.9. The topological polar surface area (TPSA) is 18.8 Å². The molecule has 0 bridgehead atoms. The minimum atomic E-state index is 0.448. The Bertz CT molecular complexity index is 331. The standard InChI is InChI=1S/C11H16BrN3/c1-14(2)5-6-15-11-7-10(12)4-3-9(11)8-13-15/h3-4,8,11H,5-7H2,1-2H3. The molecule has 1 aliphatic carbocycles. The lowest BCUT2D eigenvalue weighted by Gasteiger charge is -2.27. The summed E-state index contributed by atoms with van der Waals surface area (Å²) in [7, 11) is 4.18. The van der Waals surface area contributed by atoms with Crippen molar-refractivity contribution < 1.29 is 0 Å². The summed E-state index contributed by atoms with van der Waals surface area (Å²) in [6.45, 7) is 2.04. The lowest BCUT2D eigenvalue weighted by atomic mass is 10.0. The van der Waals surface area contributed by atoms with Crippen LogP contribution in [0.1, 0.15) is 6.42 Å². The second kappa shape index (κ2) is 4.49. The molecule has 0 aromatic rings. The Morgan fingerprint density at radius 2 is 2.33 bits per heavy atom. The van der Waals surface area contributed by atoms with Gasteiger partial charge < -0.3 is 4.90 Å². The van der Waals surface area contributed by atoms with Gasteiger partial charge in [0.05, 0.1) is 12.3 Å². The molecule has 1 unspecified atom stereocenters. The number of allylic oxidation sites excluding steroid dienone is 2. The number of rotatable bonds is 3. The molecule has 15 heavy (non-hydrogen) atoms. The Labute approximate surface area is 99.3 Å². The molecule has 2 rings (SSSR count). The number of fused-ring (bicyclic) bond motifs is 1. The molecular weight excluding hydrogens is 254 g/mol. The molecule has 0 aromatic heterocycles. The van der Waals surface area contributed by atoms with Crippen LogP contribution in [0.15, 0.2) is 27.3 Å². The molecule has 2 aliphatic rings. The van der Waals surface area contributed by atoms with E-state index in [9.17, 15) is 0 Å². The SMILES string of the molecule is CN(C)CCN1N=CC2=CC=C(Br)CC21. The molecule has 1 heterocycles. The van der Waals surface area contributed by atoms with Crippen LogP contribution in [0.4, 0.5) is 0 Å². The molecule has 0 N–H and O–H groups in total. The van der Waals surface area contributed by atoms with Crippen LogP contribution in [-0.2, 0) is 0 Å². The van der Waals surface area contributed by atoms with Crippen molar-refractivity contribution in [3.05, 3.63) is 22.2 Å². The van der Waals surface area contributed by atoms with Gasteiger partial charge in [-0.05, 0) is 24.2 Å². The van der Waals surface area contributed by atoms with Gasteiger partial charge in [-0.25, -0.2) is 0 Å². The van der Waals surface area contributed by atoms with Crippen molar-refractivity contribution in [1.82, 2.24) is 9.91 Å². The lowest BCUT2D eigenvalue weighted by Crippen LogP contribution is -2.34. The number of halogens is 1. The fourth-order valence-corrected chi connectivity index (χ4v) is 2.25. The highest BCUT2D eigenvalue weighted by molar-refractivity contribution is 9.11. The molecule has 82 valence electrons. The van der Waals surface area contributed by atoms with Crippen molar-refractivity contribution in [3.8, 4) is 0 Å². The first-order valence-electron chi connectivity index (χ1n) is 5.18. The Kier molecular flexibility index (Phi) is 3.26. The van der Waals surface area contributed by atoms with Crippen molar-refractivity contribution in [3.63, 3.8) is 0 Å². The van der Waals surface area contributed by atoms with Crippen LogP contribution >= 0.6 is 15.9 Å². The predicted octanol–water partition coefficient (Wildman–Crippen LogP) is 1.83. The van der Waals surface area contributed by atoms with Gasteiger partial charge in [0.15, 0.2) is 0 Å². The third-order valence-electron chi connectivity index (χ3n) is 2.72. The van der Waals surface area contributed by atoms with Gasteiger partial charge in [-0.1, -0.05) is 28.1 Å². The molecule has 0 spiro atoms. The summed E-state index contributed by atoms with van der Waals surface area (Å²) in [6.07, 6.45) is 7.29. The first-order valence-corrected chi connectivity index (χ1v) is 5.98. The van der Waals surface area contributed by atoms with E-state index in [0.717, 1.165) is 19.5 Å². The van der Waals surface area contributed by atoms with Crippen LogP contribution in [0.25, 0.3) is 0 Å². The fourth-order valence-electron chi connectivity index (χ4n) is 1.81. The maximum Gasteiger partial charge on any atom is 0.0781 e. The highest BCUT2D eigenvalue weighted by atomic mass is 79.9. The molecule has 0 fully saturated rings. The van der Waals surface area contributed by atoms with E-state index in [4.69, 9.17) is 0 Å². The summed E-state index contributed by atoms with van der Waals surface area (Å²) >= 11 is 3.56. The second-order valence-corrected chi connectivity index (χ2v) is 5.23. The van der Waals surface area contributed by atoms with Crippen molar-refractivity contribution in [1.29, 1.82) is 0 Å². The minimum Gasteiger partial charge on any atom is -0.308 e. The van der Waals surface area contributed by atoms with Gasteiger partial charge in [-0.3, -0.25) is 5.01 Å². The van der Waals surface area contributed by atoms with Gasteiger partial charge in [-0.15, -0.1) is 0 Å². The molecule has 0 saturated carbocycles. The van der Waals surface area contributed by atoms with Crippen molar-refractivity contribution >= 4 is 22.1 Å². The van der Waals surface area contributed by atoms with Gasteiger partial charge in [0.25, 0.3) is 0 Å². The molecule has 1 aliphatic heterocycles. The third kappa shape index (κ3) is 2.49. The predicted molar refractivity (Wildman–Crippen MR) is 67.3 cm³/mol. The molecule has 1 atom stereocenters. The van der Waals surface area contributed by atoms with E-state index >= 15 is 0 Å². The van der Waals surface area contributed by atoms with E-state index in [-0.39, 0.29) is 0 Å². The van der Waals surface area contributed by atoms with Crippen LogP contribution < -0.4 is 0 Å². The van der Waals surface area contributed by atoms with E-state index in [1.807, 2.05) is 6.21 Å². The number of likely N-dealkylation sites (N-methyl/N-ethyl adjacent to an activating group) is 1. The molecule has 0 saturated heterocycles. The van der Waals surface area contributed by atoms with Gasteiger partial charge in [-0.2, -0.15) is 5.10 Å². The Morgan fingerprint density at radius 3 is 3.07 bits per heavy atom. The van der Waals surface area contributed by atoms with E-state index < -0.39 is 0 Å². The highest BCUT2D eigenvalue weighted by Crippen LogP contribution is 2.29. The molecule has 0 amide bonds. The first-order chi connectivity index (χ1) is 7.16. The number of hydrogen-bond acceptors (Lipinski definition) is 3. The van der Waals surface area contributed by atoms with E-state index in [2.05, 4.69) is 57.2 Å². The summed E-state index contributed by atoms with van der Waals surface area (Å²) in [4.78, 5) is 2.19. The maximum atomic E-state index is 4.45. The van der Waals surface area contributed by atoms with Gasteiger partial charge >= 0.3 is 0 Å². The minimum absolute atomic E-state index is 0.448. The highest BCUT2D eigenvalue weighted by Gasteiger charge is 2.27. The van der Waals surface area contributed by atoms with Gasteiger partial charge in [0.2, 0.25) is 0 Å². The second-order valence-electron chi connectivity index (χ2n) is 4.21.